The van der Waals surface area contributed by atoms with Gasteiger partial charge in [-0.15, -0.1) is 0 Å². The molecule has 1 aromatic rings. The minimum absolute atomic E-state index is 0.259. The van der Waals surface area contributed by atoms with E-state index in [0.29, 0.717) is 19.1 Å². The largest absolute Gasteiger partial charge is 0.462 e. The first-order chi connectivity index (χ1) is 9.60. The molecule has 0 saturated heterocycles. The van der Waals surface area contributed by atoms with Gasteiger partial charge in [-0.3, -0.25) is 0 Å². The summed E-state index contributed by atoms with van der Waals surface area (Å²) in [5.41, 5.74) is 0.520. The third kappa shape index (κ3) is 4.68. The molecule has 4 heteroatoms. The Bertz CT molecular complexity index is 454. The molecule has 0 radical (unpaired) electrons. The van der Waals surface area contributed by atoms with Crippen molar-refractivity contribution in [1.82, 2.24) is 0 Å². The number of hydrogen-bond acceptors (Lipinski definition) is 4. The minimum Gasteiger partial charge on any atom is -0.462 e. The minimum atomic E-state index is -0.483. The molecule has 0 spiro atoms. The van der Waals surface area contributed by atoms with Gasteiger partial charge in [0, 0.05) is 0 Å². The van der Waals surface area contributed by atoms with Crippen molar-refractivity contribution in [2.24, 2.45) is 5.92 Å². The van der Waals surface area contributed by atoms with E-state index in [-0.39, 0.29) is 11.1 Å². The van der Waals surface area contributed by atoms with E-state index in [1.165, 1.54) is 0 Å². The first-order valence-electron chi connectivity index (χ1n) is 7.03. The lowest BCUT2D eigenvalue weighted by Crippen LogP contribution is -2.16. The third-order valence-corrected chi connectivity index (χ3v) is 3.00. The Morgan fingerprint density at radius 1 is 1.05 bits per heavy atom. The molecule has 0 N–H and O–H groups in total. The molecular formula is C16H22O4. The molecule has 0 fully saturated rings. The van der Waals surface area contributed by atoms with E-state index in [1.807, 2.05) is 20.8 Å². The zero-order chi connectivity index (χ0) is 15.0. The quantitative estimate of drug-likeness (QED) is 0.717. The molecular weight excluding hydrogens is 256 g/mol. The van der Waals surface area contributed by atoms with Gasteiger partial charge in [-0.2, -0.15) is 0 Å². The molecule has 110 valence electrons. The van der Waals surface area contributed by atoms with Crippen LogP contribution in [-0.4, -0.2) is 25.2 Å². The van der Waals surface area contributed by atoms with Crippen LogP contribution in [0.15, 0.2) is 24.3 Å². The number of esters is 2. The average molecular weight is 278 g/mol. The van der Waals surface area contributed by atoms with Gasteiger partial charge in [0.05, 0.1) is 24.3 Å². The van der Waals surface area contributed by atoms with Crippen molar-refractivity contribution >= 4 is 11.9 Å². The Morgan fingerprint density at radius 2 is 1.60 bits per heavy atom. The van der Waals surface area contributed by atoms with Gasteiger partial charge in [0.25, 0.3) is 0 Å². The molecule has 4 nitrogen and oxygen atoms in total. The van der Waals surface area contributed by atoms with Gasteiger partial charge in [0.1, 0.15) is 0 Å². The Kier molecular flexibility index (Phi) is 6.77. The fraction of sp³-hybridized carbons (Fsp3) is 0.500. The fourth-order valence-electron chi connectivity index (χ4n) is 1.53. The maximum absolute atomic E-state index is 12.0. The van der Waals surface area contributed by atoms with Gasteiger partial charge in [-0.1, -0.05) is 39.3 Å². The van der Waals surface area contributed by atoms with Crippen LogP contribution < -0.4 is 0 Å². The number of ether oxygens (including phenoxy) is 2. The molecule has 0 amide bonds. The van der Waals surface area contributed by atoms with E-state index in [1.54, 1.807) is 24.3 Å². The van der Waals surface area contributed by atoms with Crippen molar-refractivity contribution in [2.75, 3.05) is 13.2 Å². The zero-order valence-corrected chi connectivity index (χ0v) is 12.3. The van der Waals surface area contributed by atoms with Crippen LogP contribution in [0.5, 0.6) is 0 Å². The number of benzene rings is 1. The first kappa shape index (κ1) is 16.2. The maximum atomic E-state index is 12.0. The first-order valence-corrected chi connectivity index (χ1v) is 7.03. The molecule has 1 atom stereocenters. The molecule has 1 aromatic carbocycles. The van der Waals surface area contributed by atoms with E-state index >= 15 is 0 Å². The molecule has 0 saturated carbocycles. The van der Waals surface area contributed by atoms with Crippen molar-refractivity contribution in [3.05, 3.63) is 35.4 Å². The van der Waals surface area contributed by atoms with Gasteiger partial charge < -0.3 is 9.47 Å². The lowest BCUT2D eigenvalue weighted by molar-refractivity contribution is 0.0421. The summed E-state index contributed by atoms with van der Waals surface area (Å²) in [7, 11) is 0. The fourth-order valence-corrected chi connectivity index (χ4v) is 1.53. The molecule has 0 aliphatic carbocycles. The highest BCUT2D eigenvalue weighted by atomic mass is 16.5. The van der Waals surface area contributed by atoms with Crippen LogP contribution in [0.2, 0.25) is 0 Å². The summed E-state index contributed by atoms with van der Waals surface area (Å²) in [5, 5.41) is 0. The van der Waals surface area contributed by atoms with Crippen LogP contribution in [0.4, 0.5) is 0 Å². The van der Waals surface area contributed by atoms with Crippen molar-refractivity contribution in [2.45, 2.75) is 33.6 Å². The standard InChI is InChI=1S/C16H22O4/c1-4-10-19-15(17)13-8-6-7-9-14(13)16(18)20-11-12(3)5-2/h6-9,12H,4-5,10-11H2,1-3H3/t12-/m0/s1. The topological polar surface area (TPSA) is 52.6 Å². The highest BCUT2D eigenvalue weighted by Crippen LogP contribution is 2.13. The highest BCUT2D eigenvalue weighted by molar-refractivity contribution is 6.03. The summed E-state index contributed by atoms with van der Waals surface area (Å²) < 4.78 is 10.3. The third-order valence-electron chi connectivity index (χ3n) is 3.00. The Balaban J connectivity index is 2.78. The normalized spacial score (nSPS) is 11.8. The van der Waals surface area contributed by atoms with Crippen LogP contribution in [0.1, 0.15) is 54.3 Å². The molecule has 0 unspecified atom stereocenters. The Morgan fingerprint density at radius 3 is 2.10 bits per heavy atom. The molecule has 0 heterocycles. The van der Waals surface area contributed by atoms with Crippen LogP contribution >= 0.6 is 0 Å². The van der Waals surface area contributed by atoms with Crippen molar-refractivity contribution in [1.29, 1.82) is 0 Å². The summed E-state index contributed by atoms with van der Waals surface area (Å²) >= 11 is 0. The summed E-state index contributed by atoms with van der Waals surface area (Å²) in [5.74, 6) is -0.657. The van der Waals surface area contributed by atoms with Crippen LogP contribution in [0, 0.1) is 5.92 Å². The van der Waals surface area contributed by atoms with E-state index in [9.17, 15) is 9.59 Å². The molecule has 0 bridgehead atoms. The monoisotopic (exact) mass is 278 g/mol. The SMILES string of the molecule is CCCOC(=O)c1ccccc1C(=O)OC[C@@H](C)CC. The Labute approximate surface area is 120 Å². The zero-order valence-electron chi connectivity index (χ0n) is 12.3. The van der Waals surface area contributed by atoms with Gasteiger partial charge in [-0.25, -0.2) is 9.59 Å². The summed E-state index contributed by atoms with van der Waals surface area (Å²) in [6, 6.07) is 6.57. The van der Waals surface area contributed by atoms with Gasteiger partial charge in [0.2, 0.25) is 0 Å². The second-order valence-electron chi connectivity index (χ2n) is 4.79. The number of rotatable bonds is 7. The lowest BCUT2D eigenvalue weighted by atomic mass is 10.1. The average Bonchev–Trinajstić information content (AvgIpc) is 2.49. The van der Waals surface area contributed by atoms with E-state index < -0.39 is 11.9 Å². The van der Waals surface area contributed by atoms with E-state index in [0.717, 1.165) is 12.8 Å². The molecule has 0 aliphatic heterocycles. The van der Waals surface area contributed by atoms with Crippen molar-refractivity contribution in [3.8, 4) is 0 Å². The summed E-state index contributed by atoms with van der Waals surface area (Å²) in [4.78, 5) is 23.9. The second-order valence-corrected chi connectivity index (χ2v) is 4.79. The van der Waals surface area contributed by atoms with Gasteiger partial charge in [0.15, 0.2) is 0 Å². The highest BCUT2D eigenvalue weighted by Gasteiger charge is 2.19. The number of carbonyl (C=O) groups excluding carboxylic acids is 2. The van der Waals surface area contributed by atoms with Gasteiger partial charge >= 0.3 is 11.9 Å². The molecule has 0 aliphatic rings. The Hall–Kier alpha value is -1.84. The smallest absolute Gasteiger partial charge is 0.339 e. The maximum Gasteiger partial charge on any atom is 0.339 e. The molecule has 0 aromatic heterocycles. The van der Waals surface area contributed by atoms with Crippen LogP contribution in [-0.2, 0) is 9.47 Å². The van der Waals surface area contributed by atoms with E-state index in [2.05, 4.69) is 0 Å². The van der Waals surface area contributed by atoms with Crippen molar-refractivity contribution in [3.63, 3.8) is 0 Å². The summed E-state index contributed by atoms with van der Waals surface area (Å²) in [6.07, 6.45) is 1.68. The van der Waals surface area contributed by atoms with Crippen LogP contribution in [0.3, 0.4) is 0 Å². The molecule has 20 heavy (non-hydrogen) atoms. The predicted molar refractivity (Wildman–Crippen MR) is 76.8 cm³/mol. The van der Waals surface area contributed by atoms with E-state index in [4.69, 9.17) is 9.47 Å². The van der Waals surface area contributed by atoms with Crippen molar-refractivity contribution < 1.29 is 19.1 Å². The van der Waals surface area contributed by atoms with Crippen LogP contribution in [0.25, 0.3) is 0 Å². The number of carbonyl (C=O) groups is 2. The summed E-state index contributed by atoms with van der Waals surface area (Å²) in [6.45, 7) is 6.66. The molecule has 1 rings (SSSR count). The lowest BCUT2D eigenvalue weighted by Gasteiger charge is -2.11. The number of hydrogen-bond donors (Lipinski definition) is 0. The predicted octanol–water partition coefficient (Wildman–Crippen LogP) is 3.46. The van der Waals surface area contributed by atoms with Gasteiger partial charge in [-0.05, 0) is 24.5 Å². The second kappa shape index (κ2) is 8.35.